The highest BCUT2D eigenvalue weighted by Crippen LogP contribution is 2.43. The van der Waals surface area contributed by atoms with Crippen molar-refractivity contribution < 1.29 is 17.9 Å². The Morgan fingerprint density at radius 3 is 2.63 bits per heavy atom. The summed E-state index contributed by atoms with van der Waals surface area (Å²) in [7, 11) is -3.16. The highest BCUT2D eigenvalue weighted by Gasteiger charge is 2.49. The molecule has 0 N–H and O–H groups in total. The normalized spacial score (nSPS) is 23.6. The summed E-state index contributed by atoms with van der Waals surface area (Å²) in [6.07, 6.45) is 0. The van der Waals surface area contributed by atoms with Gasteiger partial charge in [-0.2, -0.15) is 4.99 Å². The molecule has 2 aromatic carbocycles. The van der Waals surface area contributed by atoms with Crippen LogP contribution in [-0.4, -0.2) is 48.9 Å². The molecule has 2 saturated heterocycles. The molecule has 2 aliphatic heterocycles. The molecule has 0 spiro atoms. The largest absolute Gasteiger partial charge is 0.484 e. The fraction of sp³-hybridized carbons (Fsp3) is 0.263. The summed E-state index contributed by atoms with van der Waals surface area (Å²) in [5, 5.41) is 1.22. The number of sulfone groups is 1. The van der Waals surface area contributed by atoms with E-state index in [1.54, 1.807) is 41.3 Å². The number of fused-ring (bicyclic) bond motifs is 1. The van der Waals surface area contributed by atoms with Gasteiger partial charge in [0.15, 0.2) is 21.6 Å². The summed E-state index contributed by atoms with van der Waals surface area (Å²) in [5.41, 5.74) is 0.613. The van der Waals surface area contributed by atoms with Crippen LogP contribution in [0.5, 0.6) is 5.75 Å². The van der Waals surface area contributed by atoms with Crippen LogP contribution in [-0.2, 0) is 14.6 Å². The van der Waals surface area contributed by atoms with Gasteiger partial charge in [0.1, 0.15) is 5.75 Å². The second kappa shape index (κ2) is 8.70. The van der Waals surface area contributed by atoms with Gasteiger partial charge in [-0.05, 0) is 42.5 Å². The average Bonchev–Trinajstić information content (AvgIpc) is 3.13. The number of benzene rings is 2. The van der Waals surface area contributed by atoms with E-state index in [4.69, 9.17) is 27.9 Å². The maximum Gasteiger partial charge on any atom is 0.285 e. The Labute approximate surface area is 196 Å². The Hall–Kier alpha value is -1.26. The number of amides is 1. The van der Waals surface area contributed by atoms with Gasteiger partial charge in [-0.3, -0.25) is 4.79 Å². The van der Waals surface area contributed by atoms with Crippen molar-refractivity contribution in [2.75, 3.05) is 23.0 Å². The van der Waals surface area contributed by atoms with Crippen LogP contribution in [0.25, 0.3) is 0 Å². The third kappa shape index (κ3) is 4.80. The van der Waals surface area contributed by atoms with Crippen molar-refractivity contribution in [3.05, 3.63) is 57.0 Å². The second-order valence-corrected chi connectivity index (χ2v) is 11.9. The van der Waals surface area contributed by atoms with Crippen LogP contribution < -0.4 is 9.64 Å². The molecule has 0 aliphatic carbocycles. The molecular formula is C19H15BrCl2N2O4S2. The predicted molar refractivity (Wildman–Crippen MR) is 125 cm³/mol. The molecule has 2 aromatic rings. The zero-order valence-electron chi connectivity index (χ0n) is 15.3. The minimum Gasteiger partial charge on any atom is -0.484 e. The maximum absolute atomic E-state index is 12.5. The molecule has 6 nitrogen and oxygen atoms in total. The van der Waals surface area contributed by atoms with Crippen molar-refractivity contribution in [1.29, 1.82) is 0 Å². The monoisotopic (exact) mass is 548 g/mol. The SMILES string of the molecule is O=C(COc1ccc(Cl)cc1)N=C1S[C@H]2CS(=O)(=O)C[C@H]2N1c1ccc(Br)cc1Cl. The third-order valence-corrected chi connectivity index (χ3v) is 8.89. The molecular weight excluding hydrogens is 535 g/mol. The van der Waals surface area contributed by atoms with Crippen LogP contribution >= 0.6 is 50.9 Å². The first-order valence-electron chi connectivity index (χ1n) is 8.83. The molecule has 0 aromatic heterocycles. The van der Waals surface area contributed by atoms with E-state index >= 15 is 0 Å². The number of anilines is 1. The number of aliphatic imine (C=N–C) groups is 1. The first-order valence-corrected chi connectivity index (χ1v) is 13.1. The van der Waals surface area contributed by atoms with Gasteiger partial charge in [-0.25, -0.2) is 8.42 Å². The summed E-state index contributed by atoms with van der Waals surface area (Å²) < 4.78 is 30.6. The lowest BCUT2D eigenvalue weighted by Crippen LogP contribution is -2.38. The lowest BCUT2D eigenvalue weighted by Gasteiger charge is -2.25. The smallest absolute Gasteiger partial charge is 0.285 e. The Morgan fingerprint density at radius 1 is 1.20 bits per heavy atom. The number of carbonyl (C=O) groups is 1. The average molecular weight is 550 g/mol. The third-order valence-electron chi connectivity index (χ3n) is 4.63. The minimum absolute atomic E-state index is 0.00839. The standard InChI is InChI=1S/C19H15BrCl2N2O4S2/c20-11-1-6-15(14(22)7-11)24-16-9-30(26,27)10-17(16)29-19(24)23-18(25)8-28-13-4-2-12(21)3-5-13/h1-7,16-17H,8-10H2/t16-,17+/m1/s1. The van der Waals surface area contributed by atoms with Crippen molar-refractivity contribution in [3.8, 4) is 5.75 Å². The van der Waals surface area contributed by atoms with E-state index < -0.39 is 15.7 Å². The zero-order chi connectivity index (χ0) is 21.5. The highest BCUT2D eigenvalue weighted by molar-refractivity contribution is 9.10. The van der Waals surface area contributed by atoms with E-state index in [0.29, 0.717) is 26.6 Å². The number of nitrogens with zero attached hydrogens (tertiary/aromatic N) is 2. The van der Waals surface area contributed by atoms with Crippen LogP contribution in [0.2, 0.25) is 10.0 Å². The molecule has 2 fully saturated rings. The van der Waals surface area contributed by atoms with Gasteiger partial charge in [0.25, 0.3) is 5.91 Å². The second-order valence-electron chi connectivity index (χ2n) is 6.80. The van der Waals surface area contributed by atoms with Gasteiger partial charge < -0.3 is 9.64 Å². The molecule has 0 bridgehead atoms. The first kappa shape index (κ1) is 22.0. The van der Waals surface area contributed by atoms with E-state index in [1.165, 1.54) is 11.8 Å². The molecule has 0 unspecified atom stereocenters. The summed E-state index contributed by atoms with van der Waals surface area (Å²) in [6.45, 7) is -0.249. The molecule has 158 valence electrons. The first-order chi connectivity index (χ1) is 14.2. The number of amidine groups is 1. The Balaban J connectivity index is 1.58. The quantitative estimate of drug-likeness (QED) is 0.561. The Bertz CT molecular complexity index is 1130. The molecule has 0 saturated carbocycles. The van der Waals surface area contributed by atoms with Gasteiger partial charge in [-0.1, -0.05) is 50.9 Å². The van der Waals surface area contributed by atoms with E-state index in [9.17, 15) is 13.2 Å². The van der Waals surface area contributed by atoms with Gasteiger partial charge in [0.05, 0.1) is 28.3 Å². The number of hydrogen-bond acceptors (Lipinski definition) is 5. The van der Waals surface area contributed by atoms with Gasteiger partial charge in [0, 0.05) is 14.7 Å². The van der Waals surface area contributed by atoms with Crippen LogP contribution in [0.3, 0.4) is 0 Å². The minimum atomic E-state index is -3.16. The molecule has 0 radical (unpaired) electrons. The molecule has 11 heteroatoms. The van der Waals surface area contributed by atoms with Crippen LogP contribution in [0.1, 0.15) is 0 Å². The zero-order valence-corrected chi connectivity index (χ0v) is 20.0. The molecule has 30 heavy (non-hydrogen) atoms. The van der Waals surface area contributed by atoms with E-state index in [2.05, 4.69) is 20.9 Å². The van der Waals surface area contributed by atoms with Gasteiger partial charge in [-0.15, -0.1) is 0 Å². The fourth-order valence-corrected chi connectivity index (χ4v) is 8.15. The van der Waals surface area contributed by atoms with Crippen molar-refractivity contribution in [3.63, 3.8) is 0 Å². The number of ether oxygens (including phenoxy) is 1. The Kier molecular flexibility index (Phi) is 6.37. The summed E-state index contributed by atoms with van der Waals surface area (Å²) >= 11 is 16.9. The lowest BCUT2D eigenvalue weighted by atomic mass is 10.2. The van der Waals surface area contributed by atoms with E-state index in [1.807, 2.05) is 6.07 Å². The van der Waals surface area contributed by atoms with Crippen LogP contribution in [0, 0.1) is 0 Å². The summed E-state index contributed by atoms with van der Waals surface area (Å²) in [5.74, 6) is 0.0591. The topological polar surface area (TPSA) is 76.0 Å². The number of carbonyl (C=O) groups excluding carboxylic acids is 1. The molecule has 1 amide bonds. The number of thioether (sulfide) groups is 1. The molecule has 4 rings (SSSR count). The van der Waals surface area contributed by atoms with E-state index in [-0.39, 0.29) is 29.4 Å². The fourth-order valence-electron chi connectivity index (χ4n) is 3.34. The molecule has 2 aliphatic rings. The highest BCUT2D eigenvalue weighted by atomic mass is 79.9. The van der Waals surface area contributed by atoms with Crippen LogP contribution in [0.4, 0.5) is 5.69 Å². The summed E-state index contributed by atoms with van der Waals surface area (Å²) in [4.78, 5) is 18.4. The van der Waals surface area contributed by atoms with Crippen molar-refractivity contribution >= 4 is 77.5 Å². The predicted octanol–water partition coefficient (Wildman–Crippen LogP) is 4.44. The lowest BCUT2D eigenvalue weighted by molar-refractivity contribution is -0.119. The number of halogens is 3. The summed E-state index contributed by atoms with van der Waals surface area (Å²) in [6, 6.07) is 11.6. The number of rotatable bonds is 4. The van der Waals surface area contributed by atoms with Gasteiger partial charge >= 0.3 is 0 Å². The molecule has 2 heterocycles. The maximum atomic E-state index is 12.5. The Morgan fingerprint density at radius 2 is 1.93 bits per heavy atom. The number of hydrogen-bond donors (Lipinski definition) is 0. The van der Waals surface area contributed by atoms with Crippen LogP contribution in [0.15, 0.2) is 51.9 Å². The van der Waals surface area contributed by atoms with E-state index in [0.717, 1.165) is 4.47 Å². The molecule has 2 atom stereocenters. The van der Waals surface area contributed by atoms with Crippen molar-refractivity contribution in [2.24, 2.45) is 4.99 Å². The van der Waals surface area contributed by atoms with Crippen molar-refractivity contribution in [2.45, 2.75) is 11.3 Å². The van der Waals surface area contributed by atoms with Gasteiger partial charge in [0.2, 0.25) is 0 Å². The van der Waals surface area contributed by atoms with Crippen molar-refractivity contribution in [1.82, 2.24) is 0 Å².